The summed E-state index contributed by atoms with van der Waals surface area (Å²) in [4.78, 5) is 54.1. The molecule has 7 N–H and O–H groups in total. The van der Waals surface area contributed by atoms with Crippen molar-refractivity contribution in [1.82, 2.24) is 4.90 Å². The topological polar surface area (TPSA) is 221 Å². The van der Waals surface area contributed by atoms with Gasteiger partial charge in [-0.2, -0.15) is 0 Å². The number of amides is 2. The molecule has 2 bridgehead atoms. The lowest BCUT2D eigenvalue weighted by Gasteiger charge is -2.40. The molecule has 3 heterocycles. The minimum absolute atomic E-state index is 0.0194. The number of ether oxygens (including phenoxy) is 4. The third kappa shape index (κ3) is 15.2. The maximum Gasteiger partial charge on any atom is 0.404 e. The summed E-state index contributed by atoms with van der Waals surface area (Å²) in [6.07, 6.45) is 15.3. The number of aliphatic hydroxyl groups is 3. The first-order valence-electron chi connectivity index (χ1n) is 23.1. The molecule has 0 spiro atoms. The number of methoxy groups -OCH3 is 1. The zero-order valence-corrected chi connectivity index (χ0v) is 38.1. The smallest absolute Gasteiger partial charge is 0.404 e. The van der Waals surface area contributed by atoms with Crippen LogP contribution < -0.4 is 11.5 Å². The van der Waals surface area contributed by atoms with Gasteiger partial charge in [-0.1, -0.05) is 57.2 Å². The predicted octanol–water partition coefficient (Wildman–Crippen LogP) is 5.74. The number of allylic oxidation sites excluding steroid dienone is 6. The van der Waals surface area contributed by atoms with Gasteiger partial charge in [-0.15, -0.1) is 0 Å². The van der Waals surface area contributed by atoms with Crippen LogP contribution in [0.4, 0.5) is 4.79 Å². The molecule has 3 aliphatic heterocycles. The van der Waals surface area contributed by atoms with Crippen LogP contribution in [0.5, 0.6) is 0 Å². The Bertz CT molecular complexity index is 1610. The Hall–Kier alpha value is -3.24. The number of nitrogens with zero attached hydrogens (tertiary/aromatic N) is 1. The quantitative estimate of drug-likeness (QED) is 0.165. The second kappa shape index (κ2) is 24.7. The summed E-state index contributed by atoms with van der Waals surface area (Å²) in [6.45, 7) is 9.92. The fraction of sp³-hybridized carbons (Fsp3) is 0.750. The average Bonchev–Trinajstić information content (AvgIpc) is 3.24. The minimum Gasteiger partial charge on any atom is -0.446 e. The third-order valence-corrected chi connectivity index (χ3v) is 13.5. The first kappa shape index (κ1) is 51.4. The molecule has 1 aliphatic carbocycles. The summed E-state index contributed by atoms with van der Waals surface area (Å²) in [6, 6.07) is -0.782. The van der Waals surface area contributed by atoms with Crippen LogP contribution in [0, 0.1) is 23.7 Å². The Morgan fingerprint density at radius 3 is 2.32 bits per heavy atom. The monoisotopic (exact) mass is 872 g/mol. The van der Waals surface area contributed by atoms with Gasteiger partial charge < -0.3 is 50.6 Å². The van der Waals surface area contributed by atoms with Gasteiger partial charge in [-0.25, -0.2) is 4.79 Å². The van der Waals surface area contributed by atoms with Gasteiger partial charge in [-0.3, -0.25) is 14.4 Å². The summed E-state index contributed by atoms with van der Waals surface area (Å²) in [5, 5.41) is 33.8. The second-order valence-corrected chi connectivity index (χ2v) is 18.8. The summed E-state index contributed by atoms with van der Waals surface area (Å²) in [7, 11) is 1.60. The van der Waals surface area contributed by atoms with Crippen molar-refractivity contribution in [2.45, 2.75) is 185 Å². The molecular formula is C48H77N3O11. The molecule has 3 fully saturated rings. The normalized spacial score (nSPS) is 37.9. The fourth-order valence-corrected chi connectivity index (χ4v) is 9.72. The van der Waals surface area contributed by atoms with Crippen LogP contribution in [0.1, 0.15) is 131 Å². The molecule has 0 unspecified atom stereocenters. The number of primary amides is 1. The summed E-state index contributed by atoms with van der Waals surface area (Å²) < 4.78 is 23.8. The van der Waals surface area contributed by atoms with Crippen LogP contribution in [0.2, 0.25) is 0 Å². The van der Waals surface area contributed by atoms with E-state index in [1.54, 1.807) is 21.0 Å². The van der Waals surface area contributed by atoms with E-state index >= 15 is 0 Å². The molecular weight excluding hydrogens is 795 g/mol. The first-order chi connectivity index (χ1) is 29.4. The molecule has 0 aromatic rings. The van der Waals surface area contributed by atoms with Crippen LogP contribution in [0.25, 0.3) is 0 Å². The number of carbonyl (C=O) groups excluding carboxylic acids is 4. The molecule has 2 saturated heterocycles. The molecule has 0 radical (unpaired) electrons. The lowest BCUT2D eigenvalue weighted by molar-refractivity contribution is -0.245. The van der Waals surface area contributed by atoms with Crippen LogP contribution in [-0.4, -0.2) is 119 Å². The molecule has 0 aromatic carbocycles. The van der Waals surface area contributed by atoms with Gasteiger partial charge in [-0.05, 0) is 126 Å². The SMILES string of the molecule is CO[C@H]1C[C@@H]2CCC[C@@](O)(O2)C(=O)C(=O)N2CCCC[C@H]2CO[C@H]([C@H](N)CC2CCC(OC(N)=O)CC2)CC[C@H](C)/C=C(\C)[C@@H](O)[C@@H](O)C(=O)[C@H](C)C[C@H](C)/C=C/C=CC=C1C. The van der Waals surface area contributed by atoms with E-state index in [-0.39, 0.29) is 49.0 Å². The van der Waals surface area contributed by atoms with Gasteiger partial charge in [0.05, 0.1) is 31.0 Å². The van der Waals surface area contributed by atoms with E-state index in [2.05, 4.69) is 0 Å². The molecule has 1 saturated carbocycles. The number of hydrogen-bond donors (Lipinski definition) is 5. The zero-order chi connectivity index (χ0) is 45.6. The summed E-state index contributed by atoms with van der Waals surface area (Å²) >= 11 is 0. The summed E-state index contributed by atoms with van der Waals surface area (Å²) in [5.41, 5.74) is 13.6. The number of nitrogens with two attached hydrogens (primary N) is 2. The zero-order valence-electron chi connectivity index (χ0n) is 38.1. The van der Waals surface area contributed by atoms with Gasteiger partial charge in [0.1, 0.15) is 18.3 Å². The molecule has 2 amide bonds. The Kier molecular flexibility index (Phi) is 20.5. The van der Waals surface area contributed by atoms with Crippen molar-refractivity contribution in [3.63, 3.8) is 0 Å². The first-order valence-corrected chi connectivity index (χ1v) is 23.1. The fourth-order valence-electron chi connectivity index (χ4n) is 9.72. The van der Waals surface area contributed by atoms with E-state index in [1.807, 2.05) is 57.2 Å². The standard InChI is InChI=1S/C48H77N3O11/c1-30-13-8-7-9-14-32(3)41(59-6)28-38-16-12-23-48(58,62-38)45(55)46(56)51-24-11-10-15-36(51)29-60-40(39(49)27-35-18-20-37(21-19-35)61-47(50)57)22-17-31(2)26-34(5)43(53)44(54)42(52)33(4)25-30/h7-9,13-14,26,30-31,33,35-41,43-44,53-54,58H,10-12,15-25,27-29,49H2,1-6H3,(H2,50,57)/b9-7?,13-8+,32-14?,34-26+/t30-,31+,33-,35?,36+,37?,38+,39-,40+,41+,43-,44+,48-/m1/s1. The number of piperidine rings is 1. The highest BCUT2D eigenvalue weighted by Gasteiger charge is 2.48. The average molecular weight is 872 g/mol. The Morgan fingerprint density at radius 2 is 1.63 bits per heavy atom. The van der Waals surface area contributed by atoms with E-state index in [0.717, 1.165) is 24.8 Å². The second-order valence-electron chi connectivity index (χ2n) is 18.8. The van der Waals surface area contributed by atoms with Gasteiger partial charge in [0.25, 0.3) is 11.7 Å². The Labute approximate surface area is 369 Å². The van der Waals surface area contributed by atoms with Crippen molar-refractivity contribution in [1.29, 1.82) is 0 Å². The van der Waals surface area contributed by atoms with Crippen LogP contribution in [0.3, 0.4) is 0 Å². The van der Waals surface area contributed by atoms with Gasteiger partial charge in [0.15, 0.2) is 5.78 Å². The van der Waals surface area contributed by atoms with Crippen molar-refractivity contribution in [3.8, 4) is 0 Å². The Morgan fingerprint density at radius 1 is 0.903 bits per heavy atom. The number of rotatable bonds is 5. The number of Topliss-reactive ketones (excluding diaryl/α,β-unsaturated/α-hetero) is 2. The number of hydrogen-bond acceptors (Lipinski definition) is 12. The largest absolute Gasteiger partial charge is 0.446 e. The van der Waals surface area contributed by atoms with Crippen LogP contribution in [0.15, 0.2) is 47.6 Å². The molecule has 0 aromatic heterocycles. The van der Waals surface area contributed by atoms with Gasteiger partial charge in [0.2, 0.25) is 5.79 Å². The summed E-state index contributed by atoms with van der Waals surface area (Å²) in [5.74, 6) is -4.64. The van der Waals surface area contributed by atoms with E-state index < -0.39 is 65.7 Å². The maximum atomic E-state index is 14.0. The minimum atomic E-state index is -2.25. The molecule has 11 atom stereocenters. The molecule has 350 valence electrons. The number of ketones is 2. The number of fused-ring (bicyclic) bond motifs is 3. The Balaban J connectivity index is 1.59. The van der Waals surface area contributed by atoms with Crippen molar-refractivity contribution in [2.24, 2.45) is 35.1 Å². The third-order valence-electron chi connectivity index (χ3n) is 13.5. The molecule has 14 nitrogen and oxygen atoms in total. The van der Waals surface area contributed by atoms with Crippen molar-refractivity contribution in [2.75, 3.05) is 20.3 Å². The highest BCUT2D eigenvalue weighted by atomic mass is 16.6. The highest BCUT2D eigenvalue weighted by molar-refractivity contribution is 6.38. The van der Waals surface area contributed by atoms with E-state index in [9.17, 15) is 34.5 Å². The highest BCUT2D eigenvalue weighted by Crippen LogP contribution is 2.34. The van der Waals surface area contributed by atoms with Crippen molar-refractivity contribution < 1.29 is 53.4 Å². The molecule has 4 rings (SSSR count). The lowest BCUT2D eigenvalue weighted by Crippen LogP contribution is -2.57. The number of carbonyl (C=O) groups is 4. The van der Waals surface area contributed by atoms with E-state index in [1.165, 1.54) is 4.90 Å². The lowest BCUT2D eigenvalue weighted by atomic mass is 9.82. The predicted molar refractivity (Wildman–Crippen MR) is 236 cm³/mol. The van der Waals surface area contributed by atoms with E-state index in [0.29, 0.717) is 82.7 Å². The number of aliphatic hydroxyl groups excluding tert-OH is 2. The van der Waals surface area contributed by atoms with Crippen LogP contribution in [-0.2, 0) is 33.3 Å². The molecule has 14 heteroatoms. The van der Waals surface area contributed by atoms with Crippen LogP contribution >= 0.6 is 0 Å². The maximum absolute atomic E-state index is 14.0. The van der Waals surface area contributed by atoms with Crippen molar-refractivity contribution in [3.05, 3.63) is 47.6 Å². The molecule has 62 heavy (non-hydrogen) atoms. The van der Waals surface area contributed by atoms with Gasteiger partial charge in [0, 0.05) is 38.5 Å². The van der Waals surface area contributed by atoms with Gasteiger partial charge >= 0.3 is 6.09 Å². The van der Waals surface area contributed by atoms with Crippen molar-refractivity contribution >= 4 is 23.6 Å². The van der Waals surface area contributed by atoms with E-state index in [4.69, 9.17) is 30.4 Å². The molecule has 4 aliphatic rings.